The molecule has 1 aromatic carbocycles. The van der Waals surface area contributed by atoms with E-state index in [9.17, 15) is 18.4 Å². The number of carbonyl (C=O) groups is 2. The second-order valence-corrected chi connectivity index (χ2v) is 8.12. The molecule has 1 fully saturated rings. The van der Waals surface area contributed by atoms with Gasteiger partial charge in [0.25, 0.3) is 5.91 Å². The maximum atomic E-state index is 13.4. The first-order valence-electron chi connectivity index (χ1n) is 9.64. The van der Waals surface area contributed by atoms with E-state index in [-0.39, 0.29) is 23.9 Å². The zero-order valence-corrected chi connectivity index (χ0v) is 18.5. The van der Waals surface area contributed by atoms with Crippen LogP contribution in [0.1, 0.15) is 17.4 Å². The molecule has 1 saturated heterocycles. The Labute approximate surface area is 190 Å². The Balaban J connectivity index is 1.79. The number of carbonyl (C=O) groups excluding carboxylic acids is 2. The van der Waals surface area contributed by atoms with Gasteiger partial charge >= 0.3 is 6.11 Å². The molecule has 166 valence electrons. The fourth-order valence-electron chi connectivity index (χ4n) is 3.32. The lowest BCUT2D eigenvalue weighted by Gasteiger charge is -2.25. The molecule has 3 heterocycles. The summed E-state index contributed by atoms with van der Waals surface area (Å²) in [5, 5.41) is 7.11. The number of rotatable bonds is 5. The van der Waals surface area contributed by atoms with E-state index in [4.69, 9.17) is 4.74 Å². The van der Waals surface area contributed by atoms with Crippen molar-refractivity contribution in [1.29, 1.82) is 0 Å². The van der Waals surface area contributed by atoms with Crippen LogP contribution in [0.4, 0.5) is 8.78 Å². The molecule has 1 aliphatic heterocycles. The van der Waals surface area contributed by atoms with Crippen molar-refractivity contribution < 1.29 is 23.1 Å². The monoisotopic (exact) mass is 505 g/mol. The summed E-state index contributed by atoms with van der Waals surface area (Å²) in [5.41, 5.74) is 1.64. The number of amides is 2. The number of halogens is 3. The van der Waals surface area contributed by atoms with E-state index in [0.29, 0.717) is 41.4 Å². The number of hydrogen-bond acceptors (Lipinski definition) is 5. The topological polar surface area (TPSA) is 89.4 Å². The van der Waals surface area contributed by atoms with Gasteiger partial charge in [-0.05, 0) is 36.4 Å². The van der Waals surface area contributed by atoms with Gasteiger partial charge in [-0.15, -0.1) is 0 Å². The quantitative estimate of drug-likeness (QED) is 0.574. The van der Waals surface area contributed by atoms with Gasteiger partial charge in [-0.1, -0.05) is 15.9 Å². The first-order valence-corrected chi connectivity index (χ1v) is 10.4. The van der Waals surface area contributed by atoms with Crippen LogP contribution in [0.15, 0.2) is 53.3 Å². The Bertz CT molecular complexity index is 1160. The van der Waals surface area contributed by atoms with Crippen LogP contribution in [-0.2, 0) is 4.79 Å². The third kappa shape index (κ3) is 4.93. The summed E-state index contributed by atoms with van der Waals surface area (Å²) in [4.78, 5) is 30.2. The zero-order chi connectivity index (χ0) is 22.9. The Morgan fingerprint density at radius 1 is 1.28 bits per heavy atom. The summed E-state index contributed by atoms with van der Waals surface area (Å²) in [5.74, 6) is -0.706. The van der Waals surface area contributed by atoms with E-state index in [1.165, 1.54) is 21.7 Å². The van der Waals surface area contributed by atoms with Gasteiger partial charge in [-0.25, -0.2) is 4.68 Å². The minimum Gasteiger partial charge on any atom is -0.433 e. The molecule has 0 radical (unpaired) electrons. The van der Waals surface area contributed by atoms with E-state index in [1.54, 1.807) is 36.7 Å². The number of nitrogens with zero attached hydrogens (tertiary/aromatic N) is 4. The standard InChI is InChI=1S/C21H18BrF2N5O3/c1-21(23,24)32-16-8-13(7-14(22)9-16)18-10-17(20(31)28-6-5-26-19(30)12-28)27-29(18)15-3-2-4-25-11-15/h2-4,7-11H,5-6,12H2,1H3,(H,26,30). The smallest absolute Gasteiger partial charge is 0.394 e. The Morgan fingerprint density at radius 2 is 2.09 bits per heavy atom. The average Bonchev–Trinajstić information content (AvgIpc) is 3.18. The van der Waals surface area contributed by atoms with Crippen molar-refractivity contribution in [2.75, 3.05) is 19.6 Å². The fourth-order valence-corrected chi connectivity index (χ4v) is 3.79. The number of benzene rings is 1. The van der Waals surface area contributed by atoms with Gasteiger partial charge in [0.05, 0.1) is 24.1 Å². The van der Waals surface area contributed by atoms with Crippen LogP contribution in [0, 0.1) is 0 Å². The van der Waals surface area contributed by atoms with Crippen LogP contribution in [0.25, 0.3) is 16.9 Å². The van der Waals surface area contributed by atoms with Crippen LogP contribution in [-0.4, -0.2) is 57.2 Å². The SMILES string of the molecule is CC(F)(F)Oc1cc(Br)cc(-c2cc(C(=O)N3CCNC(=O)C3)nn2-c2cccnc2)c1. The highest BCUT2D eigenvalue weighted by molar-refractivity contribution is 9.10. The van der Waals surface area contributed by atoms with Crippen molar-refractivity contribution in [2.24, 2.45) is 0 Å². The summed E-state index contributed by atoms with van der Waals surface area (Å²) < 4.78 is 33.6. The van der Waals surface area contributed by atoms with Crippen LogP contribution in [0.3, 0.4) is 0 Å². The number of hydrogen-bond donors (Lipinski definition) is 1. The molecule has 32 heavy (non-hydrogen) atoms. The molecular weight excluding hydrogens is 488 g/mol. The molecule has 11 heteroatoms. The Kier molecular flexibility index (Phi) is 5.92. The number of pyridine rings is 1. The first-order chi connectivity index (χ1) is 15.2. The molecular formula is C21H18BrF2N5O3. The lowest BCUT2D eigenvalue weighted by molar-refractivity contribution is -0.158. The van der Waals surface area contributed by atoms with Crippen molar-refractivity contribution in [3.63, 3.8) is 0 Å². The summed E-state index contributed by atoms with van der Waals surface area (Å²) in [6, 6.07) is 9.58. The largest absolute Gasteiger partial charge is 0.433 e. The maximum absolute atomic E-state index is 13.4. The van der Waals surface area contributed by atoms with E-state index in [0.717, 1.165) is 0 Å². The summed E-state index contributed by atoms with van der Waals surface area (Å²) in [7, 11) is 0. The summed E-state index contributed by atoms with van der Waals surface area (Å²) in [6.45, 7) is 1.31. The molecule has 4 rings (SSSR count). The van der Waals surface area contributed by atoms with E-state index < -0.39 is 12.0 Å². The molecule has 0 spiro atoms. The van der Waals surface area contributed by atoms with Gasteiger partial charge in [0.2, 0.25) is 5.91 Å². The highest BCUT2D eigenvalue weighted by atomic mass is 79.9. The molecule has 0 unspecified atom stereocenters. The highest BCUT2D eigenvalue weighted by Gasteiger charge is 2.27. The van der Waals surface area contributed by atoms with Crippen LogP contribution in [0.5, 0.6) is 5.75 Å². The Morgan fingerprint density at radius 3 is 2.78 bits per heavy atom. The second-order valence-electron chi connectivity index (χ2n) is 7.20. The second kappa shape index (κ2) is 8.65. The fraction of sp³-hybridized carbons (Fsp3) is 0.238. The van der Waals surface area contributed by atoms with Crippen molar-refractivity contribution in [3.05, 3.63) is 59.0 Å². The summed E-state index contributed by atoms with van der Waals surface area (Å²) in [6.07, 6.45) is -0.203. The van der Waals surface area contributed by atoms with E-state index >= 15 is 0 Å². The van der Waals surface area contributed by atoms with E-state index in [1.807, 2.05) is 0 Å². The number of aromatic nitrogens is 3. The van der Waals surface area contributed by atoms with E-state index in [2.05, 4.69) is 31.3 Å². The van der Waals surface area contributed by atoms with Crippen LogP contribution < -0.4 is 10.1 Å². The predicted octanol–water partition coefficient (Wildman–Crippen LogP) is 3.26. The average molecular weight is 506 g/mol. The zero-order valence-electron chi connectivity index (χ0n) is 16.9. The Hall–Kier alpha value is -3.34. The van der Waals surface area contributed by atoms with Gasteiger partial charge < -0.3 is 15.0 Å². The minimum atomic E-state index is -3.36. The molecule has 1 N–H and O–H groups in total. The molecule has 8 nitrogen and oxygen atoms in total. The van der Waals surface area contributed by atoms with Gasteiger partial charge in [-0.3, -0.25) is 14.6 Å². The molecule has 2 amide bonds. The molecule has 3 aromatic rings. The maximum Gasteiger partial charge on any atom is 0.394 e. The van der Waals surface area contributed by atoms with Crippen LogP contribution >= 0.6 is 15.9 Å². The number of ether oxygens (including phenoxy) is 1. The highest BCUT2D eigenvalue weighted by Crippen LogP contribution is 2.33. The molecule has 0 aliphatic carbocycles. The normalized spacial score (nSPS) is 14.2. The number of alkyl halides is 2. The molecule has 2 aromatic heterocycles. The third-order valence-electron chi connectivity index (χ3n) is 4.61. The molecule has 1 aliphatic rings. The van der Waals surface area contributed by atoms with Crippen molar-refractivity contribution in [3.8, 4) is 22.7 Å². The molecule has 0 bridgehead atoms. The van der Waals surface area contributed by atoms with Crippen LogP contribution in [0.2, 0.25) is 0 Å². The van der Waals surface area contributed by atoms with Crippen molar-refractivity contribution >= 4 is 27.7 Å². The minimum absolute atomic E-state index is 0.0543. The van der Waals surface area contributed by atoms with Gasteiger partial charge in [0.15, 0.2) is 5.69 Å². The lowest BCUT2D eigenvalue weighted by atomic mass is 10.1. The summed E-state index contributed by atoms with van der Waals surface area (Å²) >= 11 is 3.32. The van der Waals surface area contributed by atoms with Gasteiger partial charge in [0, 0.05) is 36.2 Å². The third-order valence-corrected chi connectivity index (χ3v) is 5.07. The first kappa shape index (κ1) is 21.9. The number of piperazine rings is 1. The van der Waals surface area contributed by atoms with Gasteiger partial charge in [-0.2, -0.15) is 13.9 Å². The van der Waals surface area contributed by atoms with Gasteiger partial charge in [0.1, 0.15) is 5.75 Å². The lowest BCUT2D eigenvalue weighted by Crippen LogP contribution is -2.50. The molecule has 0 atom stereocenters. The van der Waals surface area contributed by atoms with Crippen molar-refractivity contribution in [2.45, 2.75) is 13.0 Å². The van der Waals surface area contributed by atoms with Crippen molar-refractivity contribution in [1.82, 2.24) is 25.0 Å². The molecule has 0 saturated carbocycles. The predicted molar refractivity (Wildman–Crippen MR) is 115 cm³/mol. The number of nitrogens with one attached hydrogen (secondary N) is 1.